The molecule has 0 spiro atoms. The molecule has 0 bridgehead atoms. The second-order valence-electron chi connectivity index (χ2n) is 6.78. The molecule has 0 aliphatic rings. The van der Waals surface area contributed by atoms with Gasteiger partial charge in [-0.05, 0) is 37.5 Å². The van der Waals surface area contributed by atoms with Crippen molar-refractivity contribution in [1.29, 1.82) is 0 Å². The first-order chi connectivity index (χ1) is 9.10. The summed E-state index contributed by atoms with van der Waals surface area (Å²) in [4.78, 5) is 0. The van der Waals surface area contributed by atoms with Crippen LogP contribution < -0.4 is 0 Å². The van der Waals surface area contributed by atoms with Gasteiger partial charge >= 0.3 is 0 Å². The van der Waals surface area contributed by atoms with Crippen LogP contribution in [0.1, 0.15) is 92.4 Å². The number of hydrogen-bond acceptors (Lipinski definition) is 0. The van der Waals surface area contributed by atoms with Crippen molar-refractivity contribution in [2.75, 3.05) is 0 Å². The topological polar surface area (TPSA) is 0 Å². The van der Waals surface area contributed by atoms with E-state index in [-0.39, 0.29) is 0 Å². The molecule has 0 saturated heterocycles. The molecule has 19 heavy (non-hydrogen) atoms. The molecule has 0 aromatic heterocycles. The third-order valence-corrected chi connectivity index (χ3v) is 4.34. The summed E-state index contributed by atoms with van der Waals surface area (Å²) in [6, 6.07) is 0. The van der Waals surface area contributed by atoms with Crippen LogP contribution in [-0.4, -0.2) is 0 Å². The zero-order valence-electron chi connectivity index (χ0n) is 14.3. The zero-order valence-corrected chi connectivity index (χ0v) is 14.3. The van der Waals surface area contributed by atoms with Gasteiger partial charge in [-0.15, -0.1) is 0 Å². The van der Waals surface area contributed by atoms with E-state index in [9.17, 15) is 0 Å². The summed E-state index contributed by atoms with van der Waals surface area (Å²) in [6.45, 7) is 11.6. The molecule has 0 fully saturated rings. The molecule has 0 aromatic rings. The molecule has 114 valence electrons. The summed E-state index contributed by atoms with van der Waals surface area (Å²) in [5.41, 5.74) is 0. The average Bonchev–Trinajstić information content (AvgIpc) is 2.36. The van der Waals surface area contributed by atoms with Gasteiger partial charge in [0, 0.05) is 0 Å². The molecule has 0 heterocycles. The Kier molecular flexibility index (Phi) is 12.6. The summed E-state index contributed by atoms with van der Waals surface area (Å²) >= 11 is 0. The lowest BCUT2D eigenvalue weighted by Crippen LogP contribution is -2.01. The number of allylic oxidation sites excluding steroid dienone is 2. The van der Waals surface area contributed by atoms with Crippen molar-refractivity contribution in [2.45, 2.75) is 92.4 Å². The SMILES string of the molecule is C/C=C/CCC(CC)CCCC(C)CCCC(C)C. The molecule has 0 heteroatoms. The lowest BCUT2D eigenvalue weighted by molar-refractivity contribution is 0.375. The van der Waals surface area contributed by atoms with E-state index in [0.29, 0.717) is 0 Å². The lowest BCUT2D eigenvalue weighted by atomic mass is 9.90. The van der Waals surface area contributed by atoms with E-state index in [0.717, 1.165) is 17.8 Å². The minimum atomic E-state index is 0.878. The third-order valence-electron chi connectivity index (χ3n) is 4.34. The molecule has 2 atom stereocenters. The maximum atomic E-state index is 2.45. The quantitative estimate of drug-likeness (QED) is 0.333. The van der Waals surface area contributed by atoms with E-state index in [1.165, 1.54) is 57.8 Å². The largest absolute Gasteiger partial charge is 0.0917 e. The van der Waals surface area contributed by atoms with E-state index < -0.39 is 0 Å². The Morgan fingerprint density at radius 3 is 2.00 bits per heavy atom. The fourth-order valence-corrected chi connectivity index (χ4v) is 2.83. The van der Waals surface area contributed by atoms with Gasteiger partial charge in [0.1, 0.15) is 0 Å². The zero-order chi connectivity index (χ0) is 14.5. The Morgan fingerprint density at radius 1 is 0.842 bits per heavy atom. The van der Waals surface area contributed by atoms with Crippen LogP contribution in [0.3, 0.4) is 0 Å². The van der Waals surface area contributed by atoms with Crippen LogP contribution in [0.5, 0.6) is 0 Å². The molecule has 0 aromatic carbocycles. The molecule has 0 N–H and O–H groups in total. The van der Waals surface area contributed by atoms with Gasteiger partial charge in [0.15, 0.2) is 0 Å². The highest BCUT2D eigenvalue weighted by Crippen LogP contribution is 2.22. The highest BCUT2D eigenvalue weighted by Gasteiger charge is 2.07. The van der Waals surface area contributed by atoms with Crippen LogP contribution in [0.25, 0.3) is 0 Å². The summed E-state index contributed by atoms with van der Waals surface area (Å²) in [5, 5.41) is 0. The summed E-state index contributed by atoms with van der Waals surface area (Å²) < 4.78 is 0. The Hall–Kier alpha value is -0.260. The normalized spacial score (nSPS) is 15.3. The van der Waals surface area contributed by atoms with Gasteiger partial charge in [0.25, 0.3) is 0 Å². The fraction of sp³-hybridized carbons (Fsp3) is 0.895. The van der Waals surface area contributed by atoms with Gasteiger partial charge < -0.3 is 0 Å². The van der Waals surface area contributed by atoms with Gasteiger partial charge in [-0.2, -0.15) is 0 Å². The third kappa shape index (κ3) is 12.5. The molecule has 0 nitrogen and oxygen atoms in total. The van der Waals surface area contributed by atoms with Crippen molar-refractivity contribution >= 4 is 0 Å². The molecule has 0 aliphatic heterocycles. The van der Waals surface area contributed by atoms with E-state index in [1.807, 2.05) is 0 Å². The predicted octanol–water partition coefficient (Wildman–Crippen LogP) is 7.00. The Morgan fingerprint density at radius 2 is 1.47 bits per heavy atom. The molecular formula is C19H38. The van der Waals surface area contributed by atoms with Crippen LogP contribution in [0.15, 0.2) is 12.2 Å². The average molecular weight is 267 g/mol. The van der Waals surface area contributed by atoms with E-state index in [1.54, 1.807) is 0 Å². The van der Waals surface area contributed by atoms with Crippen LogP contribution >= 0.6 is 0 Å². The van der Waals surface area contributed by atoms with Gasteiger partial charge in [-0.3, -0.25) is 0 Å². The van der Waals surface area contributed by atoms with Crippen molar-refractivity contribution in [3.05, 3.63) is 12.2 Å². The van der Waals surface area contributed by atoms with E-state index in [2.05, 4.69) is 46.8 Å². The van der Waals surface area contributed by atoms with Crippen molar-refractivity contribution in [3.8, 4) is 0 Å². The fourth-order valence-electron chi connectivity index (χ4n) is 2.83. The maximum Gasteiger partial charge on any atom is -0.0348 e. The van der Waals surface area contributed by atoms with E-state index in [4.69, 9.17) is 0 Å². The molecular weight excluding hydrogens is 228 g/mol. The van der Waals surface area contributed by atoms with Gasteiger partial charge in [0.05, 0.1) is 0 Å². The standard InChI is InChI=1S/C19H38/c1-6-8-9-15-19(7-2)16-11-14-18(5)13-10-12-17(3)4/h6,8,17-19H,7,9-16H2,1-5H3/b8-6+. The summed E-state index contributed by atoms with van der Waals surface area (Å²) in [5.74, 6) is 2.77. The summed E-state index contributed by atoms with van der Waals surface area (Å²) in [7, 11) is 0. The van der Waals surface area contributed by atoms with Crippen LogP contribution in [-0.2, 0) is 0 Å². The molecule has 0 amide bonds. The van der Waals surface area contributed by atoms with Gasteiger partial charge in [-0.1, -0.05) is 84.8 Å². The first-order valence-electron chi connectivity index (χ1n) is 8.71. The molecule has 0 rings (SSSR count). The second-order valence-corrected chi connectivity index (χ2v) is 6.78. The highest BCUT2D eigenvalue weighted by molar-refractivity contribution is 4.77. The first-order valence-corrected chi connectivity index (χ1v) is 8.71. The van der Waals surface area contributed by atoms with E-state index >= 15 is 0 Å². The van der Waals surface area contributed by atoms with Crippen molar-refractivity contribution in [1.82, 2.24) is 0 Å². The van der Waals surface area contributed by atoms with Crippen molar-refractivity contribution in [2.24, 2.45) is 17.8 Å². The first kappa shape index (κ1) is 18.7. The maximum absolute atomic E-state index is 2.45. The second kappa shape index (κ2) is 12.8. The number of rotatable bonds is 12. The van der Waals surface area contributed by atoms with Gasteiger partial charge in [0.2, 0.25) is 0 Å². The van der Waals surface area contributed by atoms with Crippen LogP contribution in [0, 0.1) is 17.8 Å². The lowest BCUT2D eigenvalue weighted by Gasteiger charge is -2.16. The van der Waals surface area contributed by atoms with Crippen LogP contribution in [0.4, 0.5) is 0 Å². The predicted molar refractivity (Wildman–Crippen MR) is 89.5 cm³/mol. The Balaban J connectivity index is 3.57. The summed E-state index contributed by atoms with van der Waals surface area (Å²) in [6.07, 6.45) is 17.1. The molecule has 0 aliphatic carbocycles. The number of hydrogen-bond donors (Lipinski definition) is 0. The Labute approximate surface area is 123 Å². The minimum absolute atomic E-state index is 0.878. The Bertz CT molecular complexity index is 202. The molecule has 2 unspecified atom stereocenters. The van der Waals surface area contributed by atoms with Crippen LogP contribution in [0.2, 0.25) is 0 Å². The minimum Gasteiger partial charge on any atom is -0.0917 e. The smallest absolute Gasteiger partial charge is 0.0348 e. The van der Waals surface area contributed by atoms with Crippen molar-refractivity contribution < 1.29 is 0 Å². The van der Waals surface area contributed by atoms with Gasteiger partial charge in [-0.25, -0.2) is 0 Å². The molecule has 0 radical (unpaired) electrons. The monoisotopic (exact) mass is 266 g/mol. The highest BCUT2D eigenvalue weighted by atomic mass is 14.1. The molecule has 0 saturated carbocycles. The van der Waals surface area contributed by atoms with Crippen molar-refractivity contribution in [3.63, 3.8) is 0 Å².